The van der Waals surface area contributed by atoms with E-state index in [0.29, 0.717) is 36.0 Å². The second-order valence-electron chi connectivity index (χ2n) is 6.06. The van der Waals surface area contributed by atoms with Crippen LogP contribution in [0.3, 0.4) is 0 Å². The van der Waals surface area contributed by atoms with E-state index in [-0.39, 0.29) is 24.3 Å². The van der Waals surface area contributed by atoms with Crippen LogP contribution in [0.4, 0.5) is 0 Å². The van der Waals surface area contributed by atoms with E-state index in [0.717, 1.165) is 0 Å². The molecule has 8 heteroatoms. The zero-order chi connectivity index (χ0) is 18.1. The Kier molecular flexibility index (Phi) is 4.37. The maximum atomic E-state index is 12.9. The molecule has 0 radical (unpaired) electrons. The van der Waals surface area contributed by atoms with Crippen LogP contribution < -0.4 is 18.9 Å². The van der Waals surface area contributed by atoms with Gasteiger partial charge < -0.3 is 18.9 Å². The summed E-state index contributed by atoms with van der Waals surface area (Å²) < 4.78 is 49.0. The molecule has 1 atom stereocenters. The number of hydrogen-bond donors (Lipinski definition) is 0. The van der Waals surface area contributed by atoms with Gasteiger partial charge in [0.1, 0.15) is 6.10 Å². The van der Waals surface area contributed by atoms with E-state index >= 15 is 0 Å². The van der Waals surface area contributed by atoms with Crippen molar-refractivity contribution in [2.45, 2.75) is 17.4 Å². The lowest BCUT2D eigenvalue weighted by atomic mass is 10.3. The Labute approximate surface area is 152 Å². The number of methoxy groups -OCH3 is 1. The third-order valence-electron chi connectivity index (χ3n) is 4.45. The first-order chi connectivity index (χ1) is 12.6. The molecule has 0 spiro atoms. The summed E-state index contributed by atoms with van der Waals surface area (Å²) in [6.07, 6.45) is 0.386. The maximum absolute atomic E-state index is 12.9. The normalized spacial score (nSPS) is 19.5. The van der Waals surface area contributed by atoms with Gasteiger partial charge in [-0.3, -0.25) is 0 Å². The van der Waals surface area contributed by atoms with Crippen LogP contribution >= 0.6 is 0 Å². The Balaban J connectivity index is 1.49. The highest BCUT2D eigenvalue weighted by molar-refractivity contribution is 7.89. The number of benzene rings is 2. The number of sulfonamides is 1. The fraction of sp³-hybridized carbons (Fsp3) is 0.333. The molecule has 0 aromatic heterocycles. The third kappa shape index (κ3) is 3.06. The van der Waals surface area contributed by atoms with Gasteiger partial charge in [-0.15, -0.1) is 0 Å². The number of ether oxygens (including phenoxy) is 4. The number of fused-ring (bicyclic) bond motifs is 1. The standard InChI is InChI=1S/C18H19NO6S/c1-22-15-4-2-3-5-17(15)25-13-8-9-19(11-13)26(20,21)14-6-7-16-18(10-14)24-12-23-16/h2-7,10,13H,8-9,11-12H2,1H3/t13-/m0/s1. The molecule has 0 N–H and O–H groups in total. The minimum Gasteiger partial charge on any atom is -0.493 e. The molecule has 138 valence electrons. The maximum Gasteiger partial charge on any atom is 0.243 e. The molecule has 4 rings (SSSR count). The summed E-state index contributed by atoms with van der Waals surface area (Å²) in [6.45, 7) is 0.794. The quantitative estimate of drug-likeness (QED) is 0.796. The summed E-state index contributed by atoms with van der Waals surface area (Å²) in [5, 5.41) is 0. The molecule has 0 saturated carbocycles. The highest BCUT2D eigenvalue weighted by Gasteiger charge is 2.34. The van der Waals surface area contributed by atoms with Crippen molar-refractivity contribution in [1.82, 2.24) is 4.31 Å². The van der Waals surface area contributed by atoms with Crippen LogP contribution in [0, 0.1) is 0 Å². The predicted octanol–water partition coefficient (Wildman–Crippen LogP) is 2.27. The van der Waals surface area contributed by atoms with Crippen molar-refractivity contribution in [3.8, 4) is 23.0 Å². The first kappa shape index (κ1) is 17.0. The number of nitrogens with zero attached hydrogens (tertiary/aromatic N) is 1. The molecule has 0 aliphatic carbocycles. The van der Waals surface area contributed by atoms with Gasteiger partial charge in [0, 0.05) is 12.6 Å². The van der Waals surface area contributed by atoms with Crippen molar-refractivity contribution in [2.75, 3.05) is 27.0 Å². The van der Waals surface area contributed by atoms with Crippen LogP contribution in [-0.4, -0.2) is 45.8 Å². The van der Waals surface area contributed by atoms with Gasteiger partial charge in [-0.25, -0.2) is 8.42 Å². The van der Waals surface area contributed by atoms with Crippen molar-refractivity contribution in [1.29, 1.82) is 0 Å². The SMILES string of the molecule is COc1ccccc1O[C@H]1CCN(S(=O)(=O)c2ccc3c(c2)OCO3)C1. The molecule has 0 unspecified atom stereocenters. The van der Waals surface area contributed by atoms with E-state index < -0.39 is 10.0 Å². The van der Waals surface area contributed by atoms with Gasteiger partial charge in [-0.1, -0.05) is 12.1 Å². The largest absolute Gasteiger partial charge is 0.493 e. The van der Waals surface area contributed by atoms with E-state index in [4.69, 9.17) is 18.9 Å². The van der Waals surface area contributed by atoms with Gasteiger partial charge in [0.05, 0.1) is 18.6 Å². The lowest BCUT2D eigenvalue weighted by Gasteiger charge is -2.18. The van der Waals surface area contributed by atoms with E-state index in [1.807, 2.05) is 24.3 Å². The molecule has 2 aliphatic heterocycles. The molecule has 0 bridgehead atoms. The van der Waals surface area contributed by atoms with Crippen LogP contribution in [0.25, 0.3) is 0 Å². The summed E-state index contributed by atoms with van der Waals surface area (Å²) in [4.78, 5) is 0.194. The molecule has 2 aromatic carbocycles. The van der Waals surface area contributed by atoms with Gasteiger partial charge in [0.25, 0.3) is 0 Å². The summed E-state index contributed by atoms with van der Waals surface area (Å²) in [5.41, 5.74) is 0. The Bertz CT molecular complexity index is 914. The topological polar surface area (TPSA) is 74.3 Å². The molecule has 2 aliphatic rings. The molecule has 1 saturated heterocycles. The Morgan fingerprint density at radius 3 is 2.65 bits per heavy atom. The molecular weight excluding hydrogens is 358 g/mol. The number of hydrogen-bond acceptors (Lipinski definition) is 6. The van der Waals surface area contributed by atoms with E-state index in [1.165, 1.54) is 16.4 Å². The van der Waals surface area contributed by atoms with Gasteiger partial charge in [-0.2, -0.15) is 4.31 Å². The summed E-state index contributed by atoms with van der Waals surface area (Å²) in [7, 11) is -2.04. The molecular formula is C18H19NO6S. The minimum absolute atomic E-state index is 0.109. The van der Waals surface area contributed by atoms with Crippen molar-refractivity contribution in [3.63, 3.8) is 0 Å². The van der Waals surface area contributed by atoms with Crippen LogP contribution in [-0.2, 0) is 10.0 Å². The number of rotatable bonds is 5. The lowest BCUT2D eigenvalue weighted by Crippen LogP contribution is -2.31. The first-order valence-corrected chi connectivity index (χ1v) is 9.71. The fourth-order valence-corrected chi connectivity index (χ4v) is 4.60. The fourth-order valence-electron chi connectivity index (χ4n) is 3.09. The molecule has 0 amide bonds. The van der Waals surface area contributed by atoms with Gasteiger partial charge in [-0.05, 0) is 30.7 Å². The monoisotopic (exact) mass is 377 g/mol. The zero-order valence-corrected chi connectivity index (χ0v) is 15.1. The lowest BCUT2D eigenvalue weighted by molar-refractivity contribution is 0.174. The number of para-hydroxylation sites is 2. The van der Waals surface area contributed by atoms with Crippen LogP contribution in [0.1, 0.15) is 6.42 Å². The van der Waals surface area contributed by atoms with Crippen molar-refractivity contribution in [2.24, 2.45) is 0 Å². The highest BCUT2D eigenvalue weighted by Crippen LogP contribution is 2.35. The zero-order valence-electron chi connectivity index (χ0n) is 14.3. The van der Waals surface area contributed by atoms with Crippen LogP contribution in [0.2, 0.25) is 0 Å². The van der Waals surface area contributed by atoms with E-state index in [2.05, 4.69) is 0 Å². The average Bonchev–Trinajstić information content (AvgIpc) is 3.31. The van der Waals surface area contributed by atoms with Crippen LogP contribution in [0.5, 0.6) is 23.0 Å². The third-order valence-corrected chi connectivity index (χ3v) is 6.31. The smallest absolute Gasteiger partial charge is 0.243 e. The van der Waals surface area contributed by atoms with E-state index in [9.17, 15) is 8.42 Å². The molecule has 2 heterocycles. The minimum atomic E-state index is -3.61. The Morgan fingerprint density at radius 1 is 1.08 bits per heavy atom. The summed E-state index contributed by atoms with van der Waals surface area (Å²) in [6, 6.07) is 12.0. The Hall–Kier alpha value is -2.45. The van der Waals surface area contributed by atoms with Crippen molar-refractivity contribution < 1.29 is 27.4 Å². The molecule has 26 heavy (non-hydrogen) atoms. The van der Waals surface area contributed by atoms with Gasteiger partial charge in [0.15, 0.2) is 23.0 Å². The first-order valence-electron chi connectivity index (χ1n) is 8.27. The van der Waals surface area contributed by atoms with Crippen LogP contribution in [0.15, 0.2) is 47.4 Å². The summed E-state index contributed by atoms with van der Waals surface area (Å²) in [5.74, 6) is 2.25. The van der Waals surface area contributed by atoms with Gasteiger partial charge >= 0.3 is 0 Å². The van der Waals surface area contributed by atoms with E-state index in [1.54, 1.807) is 13.2 Å². The predicted molar refractivity (Wildman–Crippen MR) is 93.4 cm³/mol. The second-order valence-corrected chi connectivity index (χ2v) is 8.00. The average molecular weight is 377 g/mol. The Morgan fingerprint density at radius 2 is 1.85 bits per heavy atom. The van der Waals surface area contributed by atoms with Crippen molar-refractivity contribution >= 4 is 10.0 Å². The summed E-state index contributed by atoms with van der Waals surface area (Å²) >= 11 is 0. The van der Waals surface area contributed by atoms with Crippen molar-refractivity contribution in [3.05, 3.63) is 42.5 Å². The molecule has 7 nitrogen and oxygen atoms in total. The highest BCUT2D eigenvalue weighted by atomic mass is 32.2. The second kappa shape index (κ2) is 6.69. The molecule has 1 fully saturated rings. The van der Waals surface area contributed by atoms with Gasteiger partial charge in [0.2, 0.25) is 16.8 Å². The molecule has 2 aromatic rings.